The van der Waals surface area contributed by atoms with Gasteiger partial charge in [-0.25, -0.2) is 0 Å². The molecule has 4 heterocycles. The molecular formula is C35H37BrN6O5Si. The number of aromatic nitrogens is 5. The fourth-order valence-electron chi connectivity index (χ4n) is 7.66. The second-order valence-corrected chi connectivity index (χ2v) is 18.2. The molecule has 11 nitrogen and oxygen atoms in total. The number of nitrogens with zero attached hydrogens (tertiary/aromatic N) is 6. The third kappa shape index (κ3) is 5.53. The molecule has 0 aliphatic carbocycles. The molecule has 1 spiro atoms. The van der Waals surface area contributed by atoms with Gasteiger partial charge in [0.2, 0.25) is 0 Å². The number of rotatable bonds is 9. The van der Waals surface area contributed by atoms with Crippen LogP contribution in [-0.2, 0) is 34.6 Å². The lowest BCUT2D eigenvalue weighted by Crippen LogP contribution is -2.46. The van der Waals surface area contributed by atoms with Crippen LogP contribution in [0, 0.1) is 5.92 Å². The van der Waals surface area contributed by atoms with Crippen molar-refractivity contribution >= 4 is 46.6 Å². The first-order valence-electron chi connectivity index (χ1n) is 16.1. The Bertz CT molecular complexity index is 2080. The summed E-state index contributed by atoms with van der Waals surface area (Å²) in [4.78, 5) is 41.6. The fourth-order valence-corrected chi connectivity index (χ4v) is 10.6. The highest BCUT2D eigenvalue weighted by molar-refractivity contribution is 9.10. The summed E-state index contributed by atoms with van der Waals surface area (Å²) in [6.07, 6.45) is 4.04. The molecule has 2 aromatic heterocycles. The van der Waals surface area contributed by atoms with Gasteiger partial charge in [-0.15, -0.1) is 5.10 Å². The predicted molar refractivity (Wildman–Crippen MR) is 187 cm³/mol. The summed E-state index contributed by atoms with van der Waals surface area (Å²) in [5.41, 5.74) is 1.92. The van der Waals surface area contributed by atoms with E-state index in [9.17, 15) is 19.5 Å². The highest BCUT2D eigenvalue weighted by Gasteiger charge is 2.66. The smallest absolute Gasteiger partial charge is 0.279 e. The SMILES string of the molecule is C[C@H]1[C@H]([Si](C)(C)O)[C@@H](CCn2cc(CCO)nn2)O[C@]12C(=O)N(Cc1cccc(-n3ncc4ccccc4c3=O)c1)c1ccc(Br)cc12. The number of hydrogen-bond donors (Lipinski definition) is 2. The quantitative estimate of drug-likeness (QED) is 0.209. The fraction of sp³-hybridized carbons (Fsp3) is 0.343. The van der Waals surface area contributed by atoms with Gasteiger partial charge in [0.25, 0.3) is 11.5 Å². The third-order valence-electron chi connectivity index (χ3n) is 9.73. The van der Waals surface area contributed by atoms with Crippen molar-refractivity contribution in [2.45, 2.75) is 63.2 Å². The zero-order valence-electron chi connectivity index (χ0n) is 27.0. The van der Waals surface area contributed by atoms with Gasteiger partial charge in [0, 0.05) is 52.7 Å². The lowest BCUT2D eigenvalue weighted by molar-refractivity contribution is -0.146. The molecular weight excluding hydrogens is 692 g/mol. The Morgan fingerprint density at radius 1 is 1.06 bits per heavy atom. The highest BCUT2D eigenvalue weighted by atomic mass is 79.9. The minimum absolute atomic E-state index is 0.00639. The first-order valence-corrected chi connectivity index (χ1v) is 19.9. The van der Waals surface area contributed by atoms with Crippen LogP contribution in [0.25, 0.3) is 16.5 Å². The zero-order valence-corrected chi connectivity index (χ0v) is 29.5. The molecule has 3 aromatic carbocycles. The molecule has 2 N–H and O–H groups in total. The summed E-state index contributed by atoms with van der Waals surface area (Å²) in [5.74, 6) is -0.488. The van der Waals surface area contributed by atoms with E-state index < -0.39 is 20.0 Å². The molecule has 0 unspecified atom stereocenters. The molecule has 7 rings (SSSR count). The van der Waals surface area contributed by atoms with Crippen LogP contribution in [-0.4, -0.2) is 61.6 Å². The number of aliphatic hydroxyl groups excluding tert-OH is 1. The van der Waals surface area contributed by atoms with E-state index >= 15 is 0 Å². The van der Waals surface area contributed by atoms with E-state index in [1.54, 1.807) is 21.8 Å². The minimum atomic E-state index is -2.85. The summed E-state index contributed by atoms with van der Waals surface area (Å²) in [6, 6.07) is 20.7. The number of carbonyl (C=O) groups excluding carboxylic acids is 1. The van der Waals surface area contributed by atoms with Crippen molar-refractivity contribution < 1.29 is 19.4 Å². The number of halogens is 1. The van der Waals surface area contributed by atoms with Crippen molar-refractivity contribution in [3.8, 4) is 5.69 Å². The van der Waals surface area contributed by atoms with Crippen LogP contribution in [0.2, 0.25) is 18.6 Å². The van der Waals surface area contributed by atoms with E-state index in [-0.39, 0.29) is 36.1 Å². The van der Waals surface area contributed by atoms with E-state index in [0.717, 1.165) is 26.7 Å². The number of aliphatic hydroxyl groups is 1. The summed E-state index contributed by atoms with van der Waals surface area (Å²) in [6.45, 7) is 6.58. The minimum Gasteiger partial charge on any atom is -0.432 e. The number of benzene rings is 3. The van der Waals surface area contributed by atoms with Crippen LogP contribution < -0.4 is 10.5 Å². The van der Waals surface area contributed by atoms with Crippen molar-refractivity contribution in [3.05, 3.63) is 111 Å². The van der Waals surface area contributed by atoms with Gasteiger partial charge in [-0.3, -0.25) is 14.3 Å². The van der Waals surface area contributed by atoms with Gasteiger partial charge in [-0.2, -0.15) is 9.78 Å². The Labute approximate surface area is 287 Å². The molecule has 2 aliphatic rings. The summed E-state index contributed by atoms with van der Waals surface area (Å²) >= 11 is 3.63. The number of ether oxygens (including phenoxy) is 1. The molecule has 0 radical (unpaired) electrons. The topological polar surface area (TPSA) is 136 Å². The summed E-state index contributed by atoms with van der Waals surface area (Å²) in [7, 11) is -2.85. The molecule has 1 amide bonds. The monoisotopic (exact) mass is 728 g/mol. The van der Waals surface area contributed by atoms with E-state index in [2.05, 4.69) is 31.3 Å². The molecule has 4 atom stereocenters. The average molecular weight is 730 g/mol. The van der Waals surface area contributed by atoms with Gasteiger partial charge in [-0.1, -0.05) is 58.4 Å². The van der Waals surface area contributed by atoms with Gasteiger partial charge >= 0.3 is 0 Å². The Kier molecular flexibility index (Phi) is 8.44. The number of aryl methyl sites for hydroxylation is 1. The Hall–Kier alpha value is -4.01. The number of fused-ring (bicyclic) bond motifs is 3. The molecule has 48 heavy (non-hydrogen) atoms. The first-order chi connectivity index (χ1) is 23.0. The van der Waals surface area contributed by atoms with Crippen molar-refractivity contribution in [1.82, 2.24) is 24.8 Å². The highest BCUT2D eigenvalue weighted by Crippen LogP contribution is 2.60. The summed E-state index contributed by atoms with van der Waals surface area (Å²) in [5, 5.41) is 23.4. The van der Waals surface area contributed by atoms with Crippen molar-refractivity contribution in [2.24, 2.45) is 5.92 Å². The van der Waals surface area contributed by atoms with Gasteiger partial charge < -0.3 is 19.5 Å². The van der Waals surface area contributed by atoms with Gasteiger partial charge in [0.15, 0.2) is 13.9 Å². The molecule has 0 bridgehead atoms. The first kappa shape index (κ1) is 32.5. The van der Waals surface area contributed by atoms with Crippen molar-refractivity contribution in [3.63, 3.8) is 0 Å². The van der Waals surface area contributed by atoms with Crippen molar-refractivity contribution in [2.75, 3.05) is 11.5 Å². The van der Waals surface area contributed by atoms with Gasteiger partial charge in [0.1, 0.15) is 0 Å². The number of carbonyl (C=O) groups is 1. The Morgan fingerprint density at radius 2 is 1.88 bits per heavy atom. The normalized spacial score (nSPS) is 22.2. The second kappa shape index (κ2) is 12.5. The maximum absolute atomic E-state index is 14.8. The van der Waals surface area contributed by atoms with Crippen LogP contribution in [0.3, 0.4) is 0 Å². The van der Waals surface area contributed by atoms with Crippen LogP contribution in [0.5, 0.6) is 0 Å². The van der Waals surface area contributed by atoms with Crippen LogP contribution >= 0.6 is 15.9 Å². The molecule has 0 saturated carbocycles. The Balaban J connectivity index is 1.22. The van der Waals surface area contributed by atoms with Crippen LogP contribution in [0.4, 0.5) is 5.69 Å². The number of hydrogen-bond acceptors (Lipinski definition) is 8. The van der Waals surface area contributed by atoms with Gasteiger partial charge in [-0.05, 0) is 61.5 Å². The molecule has 2 aliphatic heterocycles. The third-order valence-corrected chi connectivity index (χ3v) is 12.7. The van der Waals surface area contributed by atoms with E-state index in [1.807, 2.05) is 86.9 Å². The number of anilines is 1. The van der Waals surface area contributed by atoms with E-state index in [4.69, 9.17) is 4.74 Å². The lowest BCUT2D eigenvalue weighted by atomic mass is 9.82. The molecule has 248 valence electrons. The maximum Gasteiger partial charge on any atom is 0.279 e. The number of amides is 1. The van der Waals surface area contributed by atoms with Gasteiger partial charge in [0.05, 0.1) is 41.3 Å². The van der Waals surface area contributed by atoms with Crippen LogP contribution in [0.15, 0.2) is 88.4 Å². The van der Waals surface area contributed by atoms with Crippen LogP contribution in [0.1, 0.15) is 30.2 Å². The summed E-state index contributed by atoms with van der Waals surface area (Å²) < 4.78 is 10.9. The van der Waals surface area contributed by atoms with E-state index in [1.165, 1.54) is 4.68 Å². The second-order valence-electron chi connectivity index (χ2n) is 13.3. The molecule has 1 saturated heterocycles. The lowest BCUT2D eigenvalue weighted by Gasteiger charge is -2.32. The molecule has 13 heteroatoms. The predicted octanol–water partition coefficient (Wildman–Crippen LogP) is 4.71. The largest absolute Gasteiger partial charge is 0.432 e. The average Bonchev–Trinajstić information content (AvgIpc) is 3.70. The standard InChI is InChI=1S/C35H37BrN6O5Si/c1-22-32(48(2,3)46)31(13-15-40-21-26(14-16-43)38-39-40)47-35(22)29-18-25(36)11-12-30(29)41(34(35)45)20-23-7-6-9-27(17-23)42-33(44)28-10-5-4-8-24(28)19-37-42/h4-12,17-19,21-22,31-32,43,46H,13-16,20H2,1-3H3/t22-,31+,32-,35+/m0/s1. The molecule has 1 fully saturated rings. The molecule has 5 aromatic rings. The Morgan fingerprint density at radius 3 is 2.67 bits per heavy atom. The van der Waals surface area contributed by atoms with Crippen molar-refractivity contribution in [1.29, 1.82) is 0 Å². The maximum atomic E-state index is 14.8. The van der Waals surface area contributed by atoms with E-state index in [0.29, 0.717) is 36.2 Å². The zero-order chi connectivity index (χ0) is 33.8.